The SMILES string of the molecule is COc1cc2ncnc(Nc3cc(O)c(Br)cc3F)c2cc1OC. The maximum atomic E-state index is 14.1. The van der Waals surface area contributed by atoms with Crippen LogP contribution in [0.25, 0.3) is 10.9 Å². The van der Waals surface area contributed by atoms with Gasteiger partial charge in [0.05, 0.1) is 29.9 Å². The van der Waals surface area contributed by atoms with Crippen molar-refractivity contribution >= 4 is 38.3 Å². The molecule has 1 aromatic heterocycles. The molecule has 2 aromatic carbocycles. The summed E-state index contributed by atoms with van der Waals surface area (Å²) in [6, 6.07) is 5.85. The van der Waals surface area contributed by atoms with E-state index in [0.29, 0.717) is 28.2 Å². The molecule has 0 fully saturated rings. The summed E-state index contributed by atoms with van der Waals surface area (Å²) in [6.07, 6.45) is 1.35. The number of rotatable bonds is 4. The number of nitrogens with zero attached hydrogens (tertiary/aromatic N) is 2. The fraction of sp³-hybridized carbons (Fsp3) is 0.125. The summed E-state index contributed by atoms with van der Waals surface area (Å²) >= 11 is 3.07. The average Bonchev–Trinajstić information content (AvgIpc) is 2.58. The minimum absolute atomic E-state index is 0.0866. The highest BCUT2D eigenvalue weighted by molar-refractivity contribution is 9.10. The second kappa shape index (κ2) is 6.48. The quantitative estimate of drug-likeness (QED) is 0.697. The minimum atomic E-state index is -0.535. The number of aromatic hydroxyl groups is 1. The van der Waals surface area contributed by atoms with Crippen LogP contribution in [-0.2, 0) is 0 Å². The maximum absolute atomic E-state index is 14.1. The third-order valence-corrected chi connectivity index (χ3v) is 4.07. The second-order valence-electron chi connectivity index (χ2n) is 4.86. The number of anilines is 2. The smallest absolute Gasteiger partial charge is 0.162 e. The van der Waals surface area contributed by atoms with Crippen molar-refractivity contribution in [3.63, 3.8) is 0 Å². The first kappa shape index (κ1) is 16.3. The van der Waals surface area contributed by atoms with Gasteiger partial charge in [0, 0.05) is 17.5 Å². The van der Waals surface area contributed by atoms with Gasteiger partial charge >= 0.3 is 0 Å². The summed E-state index contributed by atoms with van der Waals surface area (Å²) in [5.41, 5.74) is 0.692. The van der Waals surface area contributed by atoms with Crippen molar-refractivity contribution < 1.29 is 19.0 Å². The summed E-state index contributed by atoms with van der Waals surface area (Å²) in [5, 5.41) is 13.2. The lowest BCUT2D eigenvalue weighted by atomic mass is 10.2. The summed E-state index contributed by atoms with van der Waals surface area (Å²) in [6.45, 7) is 0. The number of aromatic nitrogens is 2. The Morgan fingerprint density at radius 3 is 2.50 bits per heavy atom. The van der Waals surface area contributed by atoms with Gasteiger partial charge in [0.2, 0.25) is 0 Å². The molecule has 0 atom stereocenters. The molecule has 8 heteroatoms. The highest BCUT2D eigenvalue weighted by atomic mass is 79.9. The van der Waals surface area contributed by atoms with Crippen molar-refractivity contribution in [1.82, 2.24) is 9.97 Å². The third kappa shape index (κ3) is 2.92. The number of halogens is 2. The first-order valence-corrected chi connectivity index (χ1v) is 7.64. The zero-order chi connectivity index (χ0) is 17.3. The van der Waals surface area contributed by atoms with E-state index >= 15 is 0 Å². The molecule has 3 aromatic rings. The van der Waals surface area contributed by atoms with Crippen LogP contribution in [0.4, 0.5) is 15.9 Å². The zero-order valence-corrected chi connectivity index (χ0v) is 14.4. The topological polar surface area (TPSA) is 76.5 Å². The molecule has 0 amide bonds. The standard InChI is InChI=1S/C16H13BrFN3O3/c1-23-14-3-8-11(6-15(14)24-2)19-7-20-16(8)21-12-5-13(22)9(17)4-10(12)18/h3-7,22H,1-2H3,(H,19,20,21). The van der Waals surface area contributed by atoms with Gasteiger partial charge in [0.1, 0.15) is 23.7 Å². The van der Waals surface area contributed by atoms with Gasteiger partial charge in [-0.25, -0.2) is 14.4 Å². The molecule has 2 N–H and O–H groups in total. The monoisotopic (exact) mass is 393 g/mol. The van der Waals surface area contributed by atoms with E-state index in [9.17, 15) is 9.50 Å². The number of ether oxygens (including phenoxy) is 2. The largest absolute Gasteiger partial charge is 0.507 e. The van der Waals surface area contributed by atoms with Crippen LogP contribution >= 0.6 is 15.9 Å². The fourth-order valence-electron chi connectivity index (χ4n) is 2.24. The molecule has 124 valence electrons. The molecule has 0 unspecified atom stereocenters. The van der Waals surface area contributed by atoms with Crippen LogP contribution in [0.5, 0.6) is 17.2 Å². The Morgan fingerprint density at radius 2 is 1.79 bits per heavy atom. The molecule has 0 aliphatic heterocycles. The summed E-state index contributed by atoms with van der Waals surface area (Å²) in [4.78, 5) is 8.33. The molecule has 24 heavy (non-hydrogen) atoms. The first-order valence-electron chi connectivity index (χ1n) is 6.85. The maximum Gasteiger partial charge on any atom is 0.162 e. The molecule has 0 bridgehead atoms. The molecule has 0 aliphatic carbocycles. The number of methoxy groups -OCH3 is 2. The van der Waals surface area contributed by atoms with Gasteiger partial charge in [0.25, 0.3) is 0 Å². The number of hydrogen-bond acceptors (Lipinski definition) is 6. The lowest BCUT2D eigenvalue weighted by molar-refractivity contribution is 0.356. The second-order valence-corrected chi connectivity index (χ2v) is 5.71. The number of phenolic OH excluding ortho intramolecular Hbond substituents is 1. The van der Waals surface area contributed by atoms with Crippen LogP contribution in [0.3, 0.4) is 0 Å². The Hall–Kier alpha value is -2.61. The highest BCUT2D eigenvalue weighted by Gasteiger charge is 2.13. The molecule has 1 heterocycles. The van der Waals surface area contributed by atoms with Crippen LogP contribution in [0.15, 0.2) is 35.1 Å². The van der Waals surface area contributed by atoms with Crippen LogP contribution in [0.2, 0.25) is 0 Å². The van der Waals surface area contributed by atoms with Gasteiger partial charge in [-0.3, -0.25) is 0 Å². The van der Waals surface area contributed by atoms with Crippen molar-refractivity contribution in [3.8, 4) is 17.2 Å². The van der Waals surface area contributed by atoms with Crippen molar-refractivity contribution in [2.24, 2.45) is 0 Å². The number of fused-ring (bicyclic) bond motifs is 1. The minimum Gasteiger partial charge on any atom is -0.507 e. The first-order chi connectivity index (χ1) is 11.5. The van der Waals surface area contributed by atoms with Gasteiger partial charge in [-0.05, 0) is 28.1 Å². The van der Waals surface area contributed by atoms with Crippen LogP contribution in [-0.4, -0.2) is 29.3 Å². The van der Waals surface area contributed by atoms with E-state index in [2.05, 4.69) is 31.2 Å². The Labute approximate surface area is 145 Å². The van der Waals surface area contributed by atoms with Gasteiger partial charge in [-0.15, -0.1) is 0 Å². The fourth-order valence-corrected chi connectivity index (χ4v) is 2.56. The van der Waals surface area contributed by atoms with E-state index < -0.39 is 5.82 Å². The van der Waals surface area contributed by atoms with Crippen molar-refractivity contribution in [2.45, 2.75) is 0 Å². The summed E-state index contributed by atoms with van der Waals surface area (Å²) in [5.74, 6) is 0.786. The molecule has 6 nitrogen and oxygen atoms in total. The van der Waals surface area contributed by atoms with Crippen LogP contribution < -0.4 is 14.8 Å². The number of hydrogen-bond donors (Lipinski definition) is 2. The van der Waals surface area contributed by atoms with Crippen LogP contribution in [0, 0.1) is 5.82 Å². The average molecular weight is 394 g/mol. The van der Waals surface area contributed by atoms with E-state index in [4.69, 9.17) is 9.47 Å². The zero-order valence-electron chi connectivity index (χ0n) is 12.8. The predicted octanol–water partition coefficient (Wildman–Crippen LogP) is 4.00. The Morgan fingerprint density at radius 1 is 1.08 bits per heavy atom. The van der Waals surface area contributed by atoms with E-state index in [1.54, 1.807) is 12.1 Å². The third-order valence-electron chi connectivity index (χ3n) is 3.43. The molecular formula is C16H13BrFN3O3. The van der Waals surface area contributed by atoms with Crippen LogP contribution in [0.1, 0.15) is 0 Å². The van der Waals surface area contributed by atoms with E-state index in [1.165, 1.54) is 32.7 Å². The van der Waals surface area contributed by atoms with Gasteiger partial charge < -0.3 is 19.9 Å². The van der Waals surface area contributed by atoms with Crippen molar-refractivity contribution in [1.29, 1.82) is 0 Å². The van der Waals surface area contributed by atoms with E-state index in [1.807, 2.05) is 0 Å². The highest BCUT2D eigenvalue weighted by Crippen LogP contribution is 2.36. The summed E-state index contributed by atoms with van der Waals surface area (Å²) < 4.78 is 24.9. The number of benzene rings is 2. The number of nitrogens with one attached hydrogen (secondary N) is 1. The normalized spacial score (nSPS) is 10.7. The molecular weight excluding hydrogens is 381 g/mol. The lowest BCUT2D eigenvalue weighted by Crippen LogP contribution is -1.99. The van der Waals surface area contributed by atoms with Gasteiger partial charge in [0.15, 0.2) is 11.5 Å². The Bertz CT molecular complexity index is 921. The predicted molar refractivity (Wildman–Crippen MR) is 91.7 cm³/mol. The summed E-state index contributed by atoms with van der Waals surface area (Å²) in [7, 11) is 3.05. The Balaban J connectivity index is 2.11. The molecule has 0 saturated carbocycles. The molecule has 0 saturated heterocycles. The van der Waals surface area contributed by atoms with E-state index in [0.717, 1.165) is 0 Å². The molecule has 0 radical (unpaired) electrons. The Kier molecular flexibility index (Phi) is 4.39. The van der Waals surface area contributed by atoms with E-state index in [-0.39, 0.29) is 15.9 Å². The van der Waals surface area contributed by atoms with Crippen molar-refractivity contribution in [2.75, 3.05) is 19.5 Å². The van der Waals surface area contributed by atoms with Gasteiger partial charge in [-0.2, -0.15) is 0 Å². The number of phenols is 1. The molecule has 0 spiro atoms. The molecule has 0 aliphatic rings. The van der Waals surface area contributed by atoms with Gasteiger partial charge in [-0.1, -0.05) is 0 Å². The lowest BCUT2D eigenvalue weighted by Gasteiger charge is -2.13. The van der Waals surface area contributed by atoms with Crippen molar-refractivity contribution in [3.05, 3.63) is 40.9 Å². The molecule has 3 rings (SSSR count).